The fraction of sp³-hybridized carbons (Fsp3) is 0.652. The van der Waals surface area contributed by atoms with E-state index in [4.69, 9.17) is 19.9 Å². The maximum Gasteiger partial charge on any atom is 0.330 e. The number of primary amides is 1. The van der Waals surface area contributed by atoms with Gasteiger partial charge in [-0.25, -0.2) is 4.79 Å². The molecule has 0 unspecified atom stereocenters. The SMILES string of the molecule is CCCCCCNC(=O)C1=C[C@H](O)[C@H](O)[C@@H](O[C@@H](C(N)=O)[C@H]2O[C@@H](n3ccc(=O)[nH]c3=O)[C@H](O)[C@@H]2CO)O1. The Bertz CT molecular complexity index is 1120. The number of carbonyl (C=O) groups excluding carboxylic acids is 2. The van der Waals surface area contributed by atoms with Crippen molar-refractivity contribution in [2.75, 3.05) is 13.2 Å². The number of aliphatic hydroxyl groups excluding tert-OH is 4. The summed E-state index contributed by atoms with van der Waals surface area (Å²) in [6.45, 7) is 1.68. The summed E-state index contributed by atoms with van der Waals surface area (Å²) in [5.41, 5.74) is 3.89. The number of hydrogen-bond donors (Lipinski definition) is 7. The first kappa shape index (κ1) is 29.5. The molecule has 0 aliphatic carbocycles. The fourth-order valence-corrected chi connectivity index (χ4v) is 4.29. The molecule has 2 aliphatic heterocycles. The average Bonchev–Trinajstić information content (AvgIpc) is 3.19. The highest BCUT2D eigenvalue weighted by Gasteiger charge is 2.51. The van der Waals surface area contributed by atoms with Gasteiger partial charge in [-0.3, -0.25) is 23.9 Å². The van der Waals surface area contributed by atoms with E-state index in [1.807, 2.05) is 4.98 Å². The quantitative estimate of drug-likeness (QED) is 0.131. The zero-order valence-corrected chi connectivity index (χ0v) is 20.8. The molecule has 2 amide bonds. The van der Waals surface area contributed by atoms with Gasteiger partial charge in [-0.2, -0.15) is 0 Å². The molecule has 8 N–H and O–H groups in total. The molecular formula is C23H34N4O11. The molecule has 0 saturated carbocycles. The summed E-state index contributed by atoms with van der Waals surface area (Å²) in [7, 11) is 0. The Morgan fingerprint density at radius 2 is 1.95 bits per heavy atom. The van der Waals surface area contributed by atoms with Gasteiger partial charge in [0.05, 0.1) is 6.61 Å². The number of unbranched alkanes of at least 4 members (excludes halogenated alkanes) is 3. The van der Waals surface area contributed by atoms with Crippen LogP contribution < -0.4 is 22.3 Å². The number of aliphatic hydroxyl groups is 4. The highest BCUT2D eigenvalue weighted by molar-refractivity contribution is 5.91. The number of aromatic amines is 1. The minimum absolute atomic E-state index is 0.352. The molecule has 38 heavy (non-hydrogen) atoms. The molecule has 1 aromatic rings. The van der Waals surface area contributed by atoms with E-state index in [9.17, 15) is 39.6 Å². The molecule has 0 radical (unpaired) electrons. The maximum absolute atomic E-state index is 12.5. The van der Waals surface area contributed by atoms with Gasteiger partial charge in [0.25, 0.3) is 11.5 Å². The van der Waals surface area contributed by atoms with Gasteiger partial charge in [0.2, 0.25) is 12.2 Å². The van der Waals surface area contributed by atoms with Crippen LogP contribution in [0.1, 0.15) is 38.8 Å². The first-order chi connectivity index (χ1) is 18.1. The number of ether oxygens (including phenoxy) is 3. The Kier molecular flexibility index (Phi) is 10.2. The van der Waals surface area contributed by atoms with Crippen LogP contribution in [0.5, 0.6) is 0 Å². The van der Waals surface area contributed by atoms with Gasteiger partial charge in [0, 0.05) is 24.7 Å². The third-order valence-corrected chi connectivity index (χ3v) is 6.38. The molecule has 3 heterocycles. The van der Waals surface area contributed by atoms with Crippen LogP contribution in [0.3, 0.4) is 0 Å². The summed E-state index contributed by atoms with van der Waals surface area (Å²) in [5, 5.41) is 43.9. The number of rotatable bonds is 12. The molecule has 1 fully saturated rings. The van der Waals surface area contributed by atoms with Gasteiger partial charge < -0.3 is 45.7 Å². The van der Waals surface area contributed by atoms with E-state index in [0.717, 1.165) is 48.6 Å². The number of carbonyl (C=O) groups is 2. The number of H-pyrrole nitrogens is 1. The lowest BCUT2D eigenvalue weighted by Crippen LogP contribution is -2.53. The van der Waals surface area contributed by atoms with Crippen molar-refractivity contribution in [3.63, 3.8) is 0 Å². The van der Waals surface area contributed by atoms with E-state index in [1.54, 1.807) is 0 Å². The molecule has 15 heteroatoms. The summed E-state index contributed by atoms with van der Waals surface area (Å²) in [6, 6.07) is 1.01. The van der Waals surface area contributed by atoms with Crippen molar-refractivity contribution in [3.8, 4) is 0 Å². The van der Waals surface area contributed by atoms with Crippen molar-refractivity contribution in [3.05, 3.63) is 44.9 Å². The number of nitrogens with zero attached hydrogens (tertiary/aromatic N) is 1. The Labute approximate surface area is 216 Å². The lowest BCUT2D eigenvalue weighted by molar-refractivity contribution is -0.239. The molecule has 2 aliphatic rings. The number of nitrogens with two attached hydrogens (primary N) is 1. The first-order valence-corrected chi connectivity index (χ1v) is 12.3. The molecule has 212 valence electrons. The second-order valence-electron chi connectivity index (χ2n) is 9.12. The zero-order valence-electron chi connectivity index (χ0n) is 20.8. The predicted molar refractivity (Wildman–Crippen MR) is 128 cm³/mol. The van der Waals surface area contributed by atoms with Crippen molar-refractivity contribution >= 4 is 11.8 Å². The summed E-state index contributed by atoms with van der Waals surface area (Å²) in [5.74, 6) is -3.37. The highest BCUT2D eigenvalue weighted by Crippen LogP contribution is 2.36. The van der Waals surface area contributed by atoms with Gasteiger partial charge in [-0.05, 0) is 12.5 Å². The topological polar surface area (TPSA) is 236 Å². The van der Waals surface area contributed by atoms with E-state index in [2.05, 4.69) is 12.2 Å². The molecule has 0 spiro atoms. The van der Waals surface area contributed by atoms with Gasteiger partial charge >= 0.3 is 5.69 Å². The van der Waals surface area contributed by atoms with Crippen LogP contribution in [-0.2, 0) is 23.8 Å². The maximum atomic E-state index is 12.5. The van der Waals surface area contributed by atoms with E-state index >= 15 is 0 Å². The van der Waals surface area contributed by atoms with Crippen molar-refractivity contribution in [1.29, 1.82) is 0 Å². The Morgan fingerprint density at radius 1 is 1.21 bits per heavy atom. The van der Waals surface area contributed by atoms with Crippen LogP contribution in [0, 0.1) is 5.92 Å². The van der Waals surface area contributed by atoms with Gasteiger partial charge in [-0.15, -0.1) is 0 Å². The van der Waals surface area contributed by atoms with E-state index in [-0.39, 0.29) is 5.76 Å². The standard InChI is InChI=1S/C23H34N4O11/c1-2-3-4-5-7-25-20(34)13-9-12(29)16(32)22(36-13)38-18(19(24)33)17-11(10-28)15(31)21(37-17)27-8-6-14(30)26-23(27)35/h6,8-9,11-12,15-18,21-22,28-29,31-32H,2-5,7,10H2,1H3,(H2,24,33)(H,25,34)(H,26,30,35)/t11-,12-,15+,16-,17-,18+,21+,22+/m0/s1. The average molecular weight is 543 g/mol. The molecule has 0 bridgehead atoms. The third kappa shape index (κ3) is 6.67. The van der Waals surface area contributed by atoms with E-state index in [1.165, 1.54) is 0 Å². The summed E-state index contributed by atoms with van der Waals surface area (Å²) in [4.78, 5) is 50.5. The van der Waals surface area contributed by atoms with E-state index < -0.39 is 78.6 Å². The monoisotopic (exact) mass is 542 g/mol. The zero-order chi connectivity index (χ0) is 28.0. The van der Waals surface area contributed by atoms with Crippen LogP contribution >= 0.6 is 0 Å². The Hall–Kier alpha value is -3.08. The van der Waals surface area contributed by atoms with Gasteiger partial charge in [0.15, 0.2) is 18.1 Å². The Morgan fingerprint density at radius 3 is 2.58 bits per heavy atom. The summed E-state index contributed by atoms with van der Waals surface area (Å²) >= 11 is 0. The van der Waals surface area contributed by atoms with Gasteiger partial charge in [0.1, 0.15) is 24.4 Å². The largest absolute Gasteiger partial charge is 0.456 e. The molecular weight excluding hydrogens is 508 g/mol. The van der Waals surface area contributed by atoms with E-state index in [0.29, 0.717) is 6.54 Å². The third-order valence-electron chi connectivity index (χ3n) is 6.38. The smallest absolute Gasteiger partial charge is 0.330 e. The van der Waals surface area contributed by atoms with Crippen molar-refractivity contribution in [1.82, 2.24) is 14.9 Å². The van der Waals surface area contributed by atoms with Crippen LogP contribution in [0.15, 0.2) is 33.7 Å². The molecule has 3 rings (SSSR count). The molecule has 15 nitrogen and oxygen atoms in total. The molecule has 1 aromatic heterocycles. The lowest BCUT2D eigenvalue weighted by atomic mass is 9.94. The van der Waals surface area contributed by atoms with Crippen LogP contribution in [0.2, 0.25) is 0 Å². The van der Waals surface area contributed by atoms with Crippen molar-refractivity contribution < 1.29 is 44.2 Å². The highest BCUT2D eigenvalue weighted by atomic mass is 16.7. The normalized spacial score (nSPS) is 29.8. The molecule has 8 atom stereocenters. The second-order valence-corrected chi connectivity index (χ2v) is 9.12. The van der Waals surface area contributed by atoms with Crippen LogP contribution in [-0.4, -0.2) is 91.8 Å². The number of aromatic nitrogens is 2. The predicted octanol–water partition coefficient (Wildman–Crippen LogP) is -3.07. The number of hydrogen-bond acceptors (Lipinski definition) is 11. The molecule has 0 aromatic carbocycles. The lowest BCUT2D eigenvalue weighted by Gasteiger charge is -2.35. The first-order valence-electron chi connectivity index (χ1n) is 12.3. The minimum atomic E-state index is -1.77. The number of nitrogens with one attached hydrogen (secondary N) is 2. The van der Waals surface area contributed by atoms with Crippen LogP contribution in [0.4, 0.5) is 0 Å². The second kappa shape index (κ2) is 13.1. The summed E-state index contributed by atoms with van der Waals surface area (Å²) in [6.07, 6.45) is -5.58. The fourth-order valence-electron chi connectivity index (χ4n) is 4.29. The summed E-state index contributed by atoms with van der Waals surface area (Å²) < 4.78 is 17.5. The van der Waals surface area contributed by atoms with Crippen molar-refractivity contribution in [2.45, 2.75) is 75.6 Å². The van der Waals surface area contributed by atoms with Crippen LogP contribution in [0.25, 0.3) is 0 Å². The van der Waals surface area contributed by atoms with Gasteiger partial charge in [-0.1, -0.05) is 26.2 Å². The Balaban J connectivity index is 1.76. The number of amides is 2. The molecule has 1 saturated heterocycles. The minimum Gasteiger partial charge on any atom is -0.456 e. The van der Waals surface area contributed by atoms with Crippen molar-refractivity contribution in [2.24, 2.45) is 11.7 Å².